The third-order valence-electron chi connectivity index (χ3n) is 4.60. The zero-order valence-corrected chi connectivity index (χ0v) is 11.2. The molecular weight excluding hydrogens is 252 g/mol. The van der Waals surface area contributed by atoms with E-state index in [0.717, 1.165) is 5.92 Å². The van der Waals surface area contributed by atoms with Crippen molar-refractivity contribution in [2.24, 2.45) is 23.5 Å². The van der Waals surface area contributed by atoms with Gasteiger partial charge in [-0.15, -0.1) is 0 Å². The number of aromatic nitrogens is 3. The quantitative estimate of drug-likeness (QED) is 0.864. The van der Waals surface area contributed by atoms with Gasteiger partial charge in [-0.1, -0.05) is 17.3 Å². The van der Waals surface area contributed by atoms with E-state index in [1.807, 2.05) is 12.1 Å². The van der Waals surface area contributed by atoms with E-state index in [1.54, 1.807) is 0 Å². The molecule has 2 aromatic rings. The molecule has 0 amide bonds. The molecule has 4 atom stereocenters. The Kier molecular flexibility index (Phi) is 2.73. The van der Waals surface area contributed by atoms with Crippen LogP contribution in [0.25, 0.3) is 0 Å². The summed E-state index contributed by atoms with van der Waals surface area (Å²) in [6.45, 7) is 0.318. The van der Waals surface area contributed by atoms with Crippen LogP contribution < -0.4 is 5.73 Å². The van der Waals surface area contributed by atoms with E-state index < -0.39 is 0 Å². The fraction of sp³-hybridized carbons (Fsp3) is 0.467. The van der Waals surface area contributed by atoms with E-state index in [4.69, 9.17) is 10.3 Å². The van der Waals surface area contributed by atoms with Crippen molar-refractivity contribution in [2.75, 3.05) is 0 Å². The summed E-state index contributed by atoms with van der Waals surface area (Å²) >= 11 is 0. The highest BCUT2D eigenvalue weighted by Gasteiger charge is 2.43. The average molecular weight is 270 g/mol. The first-order valence-corrected chi connectivity index (χ1v) is 7.18. The molecule has 0 aromatic carbocycles. The SMILES string of the molecule is NCc1noc([C@H]([C@@H]2C[C@H]3C=C[C@H]2C3)n2cccc2)n1. The van der Waals surface area contributed by atoms with Gasteiger partial charge in [0, 0.05) is 12.4 Å². The summed E-state index contributed by atoms with van der Waals surface area (Å²) in [5, 5.41) is 3.96. The van der Waals surface area contributed by atoms with Crippen molar-refractivity contribution in [1.82, 2.24) is 14.7 Å². The van der Waals surface area contributed by atoms with Gasteiger partial charge >= 0.3 is 0 Å². The highest BCUT2D eigenvalue weighted by atomic mass is 16.5. The third-order valence-corrected chi connectivity index (χ3v) is 4.60. The van der Waals surface area contributed by atoms with Gasteiger partial charge in [0.05, 0.1) is 6.54 Å². The molecule has 2 aliphatic rings. The predicted octanol–water partition coefficient (Wildman–Crippen LogP) is 2.13. The minimum absolute atomic E-state index is 0.123. The Labute approximate surface area is 117 Å². The van der Waals surface area contributed by atoms with Crippen molar-refractivity contribution in [3.8, 4) is 0 Å². The van der Waals surface area contributed by atoms with E-state index in [1.165, 1.54) is 12.8 Å². The Hall–Kier alpha value is -1.88. The maximum Gasteiger partial charge on any atom is 0.250 e. The lowest BCUT2D eigenvalue weighted by atomic mass is 9.86. The Morgan fingerprint density at radius 2 is 2.15 bits per heavy atom. The summed E-state index contributed by atoms with van der Waals surface area (Å²) in [7, 11) is 0. The highest BCUT2D eigenvalue weighted by molar-refractivity contribution is 5.15. The zero-order chi connectivity index (χ0) is 13.5. The lowest BCUT2D eigenvalue weighted by molar-refractivity contribution is 0.252. The number of fused-ring (bicyclic) bond motifs is 2. The molecule has 2 bridgehead atoms. The number of hydrogen-bond acceptors (Lipinski definition) is 4. The van der Waals surface area contributed by atoms with Crippen LogP contribution in [0.5, 0.6) is 0 Å². The molecule has 2 aromatic heterocycles. The zero-order valence-electron chi connectivity index (χ0n) is 11.2. The molecule has 0 aliphatic heterocycles. The molecule has 20 heavy (non-hydrogen) atoms. The Morgan fingerprint density at radius 3 is 2.75 bits per heavy atom. The molecule has 2 heterocycles. The molecule has 4 rings (SSSR count). The molecule has 0 spiro atoms. The molecule has 104 valence electrons. The van der Waals surface area contributed by atoms with Crippen LogP contribution in [0.15, 0.2) is 41.2 Å². The summed E-state index contributed by atoms with van der Waals surface area (Å²) in [5.74, 6) is 3.15. The van der Waals surface area contributed by atoms with Crippen molar-refractivity contribution < 1.29 is 4.52 Å². The van der Waals surface area contributed by atoms with Crippen LogP contribution >= 0.6 is 0 Å². The minimum atomic E-state index is 0.123. The van der Waals surface area contributed by atoms with Gasteiger partial charge in [0.25, 0.3) is 0 Å². The Balaban J connectivity index is 1.72. The fourth-order valence-electron chi connectivity index (χ4n) is 3.72. The normalized spacial score (nSPS) is 29.1. The van der Waals surface area contributed by atoms with Crippen molar-refractivity contribution in [3.63, 3.8) is 0 Å². The maximum atomic E-state index is 5.59. The summed E-state index contributed by atoms with van der Waals surface area (Å²) in [5.41, 5.74) is 5.59. The van der Waals surface area contributed by atoms with E-state index >= 15 is 0 Å². The molecular formula is C15H18N4O. The first kappa shape index (κ1) is 11.9. The summed E-state index contributed by atoms with van der Waals surface area (Å²) < 4.78 is 7.66. The minimum Gasteiger partial charge on any atom is -0.342 e. The Bertz CT molecular complexity index is 616. The van der Waals surface area contributed by atoms with Crippen molar-refractivity contribution in [3.05, 3.63) is 48.4 Å². The monoisotopic (exact) mass is 270 g/mol. The standard InChI is InChI=1S/C15H18N4O/c16-9-13-17-15(20-18-13)14(19-5-1-2-6-19)12-8-10-3-4-11(12)7-10/h1-6,10-12,14H,7-9,16H2/t10-,11-,12+,14-/m0/s1. The van der Waals surface area contributed by atoms with Crippen LogP contribution in [0, 0.1) is 17.8 Å². The number of rotatable bonds is 4. The first-order valence-electron chi connectivity index (χ1n) is 7.18. The second-order valence-electron chi connectivity index (χ2n) is 5.77. The topological polar surface area (TPSA) is 69.9 Å². The van der Waals surface area contributed by atoms with Crippen molar-refractivity contribution in [2.45, 2.75) is 25.4 Å². The van der Waals surface area contributed by atoms with Gasteiger partial charge in [-0.2, -0.15) is 4.98 Å². The van der Waals surface area contributed by atoms with E-state index in [-0.39, 0.29) is 6.04 Å². The van der Waals surface area contributed by atoms with E-state index in [2.05, 4.69) is 39.3 Å². The summed E-state index contributed by atoms with van der Waals surface area (Å²) in [6.07, 6.45) is 11.3. The third kappa shape index (κ3) is 1.81. The van der Waals surface area contributed by atoms with Gasteiger partial charge in [0.15, 0.2) is 5.82 Å². The summed E-state index contributed by atoms with van der Waals surface area (Å²) in [4.78, 5) is 4.47. The number of nitrogens with two attached hydrogens (primary N) is 1. The number of nitrogens with zero attached hydrogens (tertiary/aromatic N) is 3. The Morgan fingerprint density at radius 1 is 1.30 bits per heavy atom. The second kappa shape index (κ2) is 4.59. The van der Waals surface area contributed by atoms with Gasteiger partial charge in [-0.05, 0) is 42.7 Å². The first-order chi connectivity index (χ1) is 9.85. The predicted molar refractivity (Wildman–Crippen MR) is 73.6 cm³/mol. The largest absolute Gasteiger partial charge is 0.342 e. The molecule has 0 saturated heterocycles. The van der Waals surface area contributed by atoms with Gasteiger partial charge in [-0.25, -0.2) is 0 Å². The molecule has 5 nitrogen and oxygen atoms in total. The van der Waals surface area contributed by atoms with Crippen LogP contribution in [-0.2, 0) is 6.54 Å². The molecule has 0 unspecified atom stereocenters. The van der Waals surface area contributed by atoms with Crippen LogP contribution in [-0.4, -0.2) is 14.7 Å². The van der Waals surface area contributed by atoms with Crippen molar-refractivity contribution >= 4 is 0 Å². The summed E-state index contributed by atoms with van der Waals surface area (Å²) in [6, 6.07) is 4.20. The lowest BCUT2D eigenvalue weighted by Gasteiger charge is -2.27. The van der Waals surface area contributed by atoms with Crippen LogP contribution in [0.4, 0.5) is 0 Å². The molecule has 1 saturated carbocycles. The fourth-order valence-corrected chi connectivity index (χ4v) is 3.72. The van der Waals surface area contributed by atoms with Gasteiger partial charge < -0.3 is 14.8 Å². The second-order valence-corrected chi connectivity index (χ2v) is 5.77. The van der Waals surface area contributed by atoms with Crippen LogP contribution in [0.3, 0.4) is 0 Å². The van der Waals surface area contributed by atoms with Crippen LogP contribution in [0.2, 0.25) is 0 Å². The van der Waals surface area contributed by atoms with E-state index in [0.29, 0.717) is 30.1 Å². The number of hydrogen-bond donors (Lipinski definition) is 1. The number of allylic oxidation sites excluding steroid dienone is 2. The maximum absolute atomic E-state index is 5.59. The molecule has 2 aliphatic carbocycles. The smallest absolute Gasteiger partial charge is 0.250 e. The van der Waals surface area contributed by atoms with E-state index in [9.17, 15) is 0 Å². The van der Waals surface area contributed by atoms with Gasteiger partial charge in [-0.3, -0.25) is 0 Å². The molecule has 2 N–H and O–H groups in total. The van der Waals surface area contributed by atoms with Crippen molar-refractivity contribution in [1.29, 1.82) is 0 Å². The molecule has 5 heteroatoms. The molecule has 0 radical (unpaired) electrons. The van der Waals surface area contributed by atoms with Crippen LogP contribution in [0.1, 0.15) is 30.6 Å². The van der Waals surface area contributed by atoms with Gasteiger partial charge in [0.1, 0.15) is 6.04 Å². The lowest BCUT2D eigenvalue weighted by Crippen LogP contribution is -2.23. The van der Waals surface area contributed by atoms with Gasteiger partial charge in [0.2, 0.25) is 5.89 Å². The molecule has 1 fully saturated rings. The highest BCUT2D eigenvalue weighted by Crippen LogP contribution is 2.49. The average Bonchev–Trinajstić information content (AvgIpc) is 3.25.